The van der Waals surface area contributed by atoms with Crippen molar-refractivity contribution < 1.29 is 22.7 Å². The zero-order valence-corrected chi connectivity index (χ0v) is 16.2. The summed E-state index contributed by atoms with van der Waals surface area (Å²) in [6.07, 6.45) is 0. The van der Waals surface area contributed by atoms with Crippen LogP contribution in [0.25, 0.3) is 0 Å². The molecule has 140 valence electrons. The summed E-state index contributed by atoms with van der Waals surface area (Å²) in [4.78, 5) is 14.1. The molecule has 1 heterocycles. The molecular weight excluding hydrogens is 344 g/mol. The molecule has 1 fully saturated rings. The quantitative estimate of drug-likeness (QED) is 0.804. The Balaban J connectivity index is 2.22. The van der Waals surface area contributed by atoms with Crippen molar-refractivity contribution in [3.8, 4) is 11.5 Å². The van der Waals surface area contributed by atoms with E-state index < -0.39 is 15.4 Å². The number of nitrogens with zero attached hydrogens (tertiary/aromatic N) is 2. The van der Waals surface area contributed by atoms with Crippen LogP contribution in [-0.4, -0.2) is 63.9 Å². The van der Waals surface area contributed by atoms with Gasteiger partial charge in [0.1, 0.15) is 16.4 Å². The molecule has 1 saturated heterocycles. The first-order valence-electron chi connectivity index (χ1n) is 8.13. The lowest BCUT2D eigenvalue weighted by Crippen LogP contribution is -2.52. The lowest BCUT2D eigenvalue weighted by Gasteiger charge is -2.37. The van der Waals surface area contributed by atoms with Crippen LogP contribution in [0, 0.1) is 5.41 Å². The number of amides is 1. The molecule has 1 amide bonds. The van der Waals surface area contributed by atoms with Crippen LogP contribution in [0.4, 0.5) is 0 Å². The molecule has 1 aromatic rings. The highest BCUT2D eigenvalue weighted by molar-refractivity contribution is 7.89. The molecule has 0 aliphatic carbocycles. The largest absolute Gasteiger partial charge is 0.497 e. The van der Waals surface area contributed by atoms with Crippen LogP contribution in [0.15, 0.2) is 23.1 Å². The number of hydrogen-bond donors (Lipinski definition) is 0. The first kappa shape index (κ1) is 19.5. The summed E-state index contributed by atoms with van der Waals surface area (Å²) in [6.45, 7) is 6.84. The molecule has 2 rings (SSSR count). The zero-order valence-electron chi connectivity index (χ0n) is 15.4. The van der Waals surface area contributed by atoms with Gasteiger partial charge >= 0.3 is 0 Å². The highest BCUT2D eigenvalue weighted by Crippen LogP contribution is 2.31. The van der Waals surface area contributed by atoms with E-state index >= 15 is 0 Å². The monoisotopic (exact) mass is 370 g/mol. The van der Waals surface area contributed by atoms with Crippen molar-refractivity contribution in [2.45, 2.75) is 25.7 Å². The molecule has 0 spiro atoms. The summed E-state index contributed by atoms with van der Waals surface area (Å²) < 4.78 is 37.7. The third kappa shape index (κ3) is 4.07. The fraction of sp³-hybridized carbons (Fsp3) is 0.588. The van der Waals surface area contributed by atoms with Crippen molar-refractivity contribution in [1.82, 2.24) is 9.21 Å². The Hall–Kier alpha value is -1.80. The fourth-order valence-corrected chi connectivity index (χ4v) is 4.32. The molecule has 0 atom stereocenters. The van der Waals surface area contributed by atoms with Crippen LogP contribution in [-0.2, 0) is 14.8 Å². The van der Waals surface area contributed by atoms with Gasteiger partial charge in [-0.1, -0.05) is 20.8 Å². The first-order chi connectivity index (χ1) is 11.6. The molecule has 1 aliphatic heterocycles. The lowest BCUT2D eigenvalue weighted by molar-refractivity contribution is -0.140. The highest BCUT2D eigenvalue weighted by atomic mass is 32.2. The topological polar surface area (TPSA) is 76.2 Å². The van der Waals surface area contributed by atoms with E-state index in [1.165, 1.54) is 24.6 Å². The predicted octanol–water partition coefficient (Wildman–Crippen LogP) is 1.58. The van der Waals surface area contributed by atoms with Gasteiger partial charge in [-0.3, -0.25) is 4.79 Å². The third-order valence-electron chi connectivity index (χ3n) is 4.16. The van der Waals surface area contributed by atoms with Crippen molar-refractivity contribution in [2.75, 3.05) is 40.4 Å². The van der Waals surface area contributed by atoms with Gasteiger partial charge in [0.15, 0.2) is 0 Å². The average Bonchev–Trinajstić information content (AvgIpc) is 2.59. The first-order valence-corrected chi connectivity index (χ1v) is 9.57. The van der Waals surface area contributed by atoms with Crippen LogP contribution in [0.5, 0.6) is 11.5 Å². The second-order valence-electron chi connectivity index (χ2n) is 6.96. The molecule has 1 aliphatic rings. The Kier molecular flexibility index (Phi) is 5.63. The number of hydrogen-bond acceptors (Lipinski definition) is 5. The van der Waals surface area contributed by atoms with Gasteiger partial charge < -0.3 is 14.4 Å². The second-order valence-corrected chi connectivity index (χ2v) is 8.87. The van der Waals surface area contributed by atoms with Gasteiger partial charge in [0.2, 0.25) is 15.9 Å². The van der Waals surface area contributed by atoms with Crippen molar-refractivity contribution >= 4 is 15.9 Å². The third-order valence-corrected chi connectivity index (χ3v) is 6.08. The predicted molar refractivity (Wildman–Crippen MR) is 94.3 cm³/mol. The SMILES string of the molecule is COc1ccc(OC)c(S(=O)(=O)N2CCN(C(=O)C(C)(C)C)CC2)c1. The number of ether oxygens (including phenoxy) is 2. The van der Waals surface area contributed by atoms with Gasteiger partial charge in [0.05, 0.1) is 14.2 Å². The van der Waals surface area contributed by atoms with E-state index in [4.69, 9.17) is 9.47 Å². The molecule has 1 aromatic carbocycles. The number of benzene rings is 1. The summed E-state index contributed by atoms with van der Waals surface area (Å²) in [5.74, 6) is 0.749. The fourth-order valence-electron chi connectivity index (χ4n) is 2.73. The minimum absolute atomic E-state index is 0.0310. The van der Waals surface area contributed by atoms with Gasteiger partial charge in [-0.25, -0.2) is 8.42 Å². The van der Waals surface area contributed by atoms with Crippen LogP contribution in [0.1, 0.15) is 20.8 Å². The number of carbonyl (C=O) groups excluding carboxylic acids is 1. The van der Waals surface area contributed by atoms with Crippen molar-refractivity contribution in [3.63, 3.8) is 0 Å². The molecule has 0 radical (unpaired) electrons. The van der Waals surface area contributed by atoms with Gasteiger partial charge in [-0.15, -0.1) is 0 Å². The summed E-state index contributed by atoms with van der Waals surface area (Å²) in [6, 6.07) is 4.68. The van der Waals surface area contributed by atoms with E-state index in [0.29, 0.717) is 18.8 Å². The van der Waals surface area contributed by atoms with Crippen molar-refractivity contribution in [3.05, 3.63) is 18.2 Å². The van der Waals surface area contributed by atoms with Gasteiger partial charge in [-0.05, 0) is 12.1 Å². The highest BCUT2D eigenvalue weighted by Gasteiger charge is 2.35. The van der Waals surface area contributed by atoms with Crippen LogP contribution < -0.4 is 9.47 Å². The van der Waals surface area contributed by atoms with E-state index in [2.05, 4.69) is 0 Å². The zero-order chi connectivity index (χ0) is 18.8. The number of rotatable bonds is 4. The van der Waals surface area contributed by atoms with Crippen molar-refractivity contribution in [1.29, 1.82) is 0 Å². The number of carbonyl (C=O) groups is 1. The number of methoxy groups -OCH3 is 2. The Bertz CT molecular complexity index is 732. The van der Waals surface area contributed by atoms with E-state index in [-0.39, 0.29) is 29.6 Å². The van der Waals surface area contributed by atoms with E-state index in [1.807, 2.05) is 20.8 Å². The molecule has 8 heteroatoms. The molecule has 0 saturated carbocycles. The molecular formula is C17H26N2O5S. The van der Waals surface area contributed by atoms with Crippen LogP contribution in [0.2, 0.25) is 0 Å². The summed E-state index contributed by atoms with van der Waals surface area (Å²) in [5, 5.41) is 0. The smallest absolute Gasteiger partial charge is 0.247 e. The van der Waals surface area contributed by atoms with Crippen LogP contribution >= 0.6 is 0 Å². The van der Waals surface area contributed by atoms with E-state index in [9.17, 15) is 13.2 Å². The summed E-state index contributed by atoms with van der Waals surface area (Å²) >= 11 is 0. The molecule has 25 heavy (non-hydrogen) atoms. The van der Waals surface area contributed by atoms with E-state index in [0.717, 1.165) is 0 Å². The second kappa shape index (κ2) is 7.21. The standard InChI is InChI=1S/C17H26N2O5S/c1-17(2,3)16(20)18-8-10-19(11-9-18)25(21,22)15-12-13(23-4)6-7-14(15)24-5/h6-7,12H,8-11H2,1-5H3. The van der Waals surface area contributed by atoms with Gasteiger partial charge in [-0.2, -0.15) is 4.31 Å². The summed E-state index contributed by atoms with van der Waals surface area (Å²) in [5.41, 5.74) is -0.475. The Morgan fingerprint density at radius 2 is 1.64 bits per heavy atom. The Morgan fingerprint density at radius 3 is 2.12 bits per heavy atom. The minimum atomic E-state index is -3.73. The number of piperazine rings is 1. The number of sulfonamides is 1. The maximum Gasteiger partial charge on any atom is 0.247 e. The Morgan fingerprint density at radius 1 is 1.04 bits per heavy atom. The van der Waals surface area contributed by atoms with E-state index in [1.54, 1.807) is 17.0 Å². The van der Waals surface area contributed by atoms with Gasteiger partial charge in [0, 0.05) is 37.7 Å². The molecule has 7 nitrogen and oxygen atoms in total. The maximum absolute atomic E-state index is 13.0. The minimum Gasteiger partial charge on any atom is -0.497 e. The summed E-state index contributed by atoms with van der Waals surface area (Å²) in [7, 11) is -0.819. The molecule has 0 unspecified atom stereocenters. The normalized spacial score (nSPS) is 16.6. The van der Waals surface area contributed by atoms with Crippen LogP contribution in [0.3, 0.4) is 0 Å². The Labute approximate surface area is 149 Å². The molecule has 0 aromatic heterocycles. The lowest BCUT2D eigenvalue weighted by atomic mass is 9.94. The molecule has 0 bridgehead atoms. The maximum atomic E-state index is 13.0. The van der Waals surface area contributed by atoms with Gasteiger partial charge in [0.25, 0.3) is 0 Å². The molecule has 0 N–H and O–H groups in total. The van der Waals surface area contributed by atoms with Crippen molar-refractivity contribution in [2.24, 2.45) is 5.41 Å². The average molecular weight is 370 g/mol.